The average molecular weight is 85.1 g/mol. The van der Waals surface area contributed by atoms with Gasteiger partial charge in [-0.25, -0.2) is 0 Å². The highest BCUT2D eigenvalue weighted by Gasteiger charge is 1.74. The molecular formula is C4H5O2+. The number of rotatable bonds is 0. The second kappa shape index (κ2) is 1.50. The monoisotopic (exact) mass is 85.0 g/mol. The van der Waals surface area contributed by atoms with Crippen LogP contribution in [0, 0.1) is 0 Å². The van der Waals surface area contributed by atoms with Crippen LogP contribution in [0.4, 0.5) is 0 Å². The summed E-state index contributed by atoms with van der Waals surface area (Å²) in [5.74, 6) is 0. The maximum atomic E-state index is 4.58. The van der Waals surface area contributed by atoms with E-state index < -0.39 is 0 Å². The van der Waals surface area contributed by atoms with Crippen molar-refractivity contribution in [1.29, 1.82) is 0 Å². The Balaban J connectivity index is 0.000000360. The van der Waals surface area contributed by atoms with Crippen LogP contribution < -0.4 is 0 Å². The second-order valence-corrected chi connectivity index (χ2v) is 0.816. The van der Waals surface area contributed by atoms with Crippen LogP contribution in [0.3, 0.4) is 0 Å². The molecular weight excluding hydrogens is 80.0 g/mol. The summed E-state index contributed by atoms with van der Waals surface area (Å²) in [6.07, 6.45) is 5.83. The predicted octanol–water partition coefficient (Wildman–Crippen LogP) is 1.09. The largest absolute Gasteiger partial charge is 1.00 e. The first-order valence-electron chi connectivity index (χ1n) is 1.61. The Morgan fingerprint density at radius 1 is 0.833 bits per heavy atom. The molecule has 6 heavy (non-hydrogen) atoms. The molecule has 1 rings (SSSR count). The van der Waals surface area contributed by atoms with Crippen molar-refractivity contribution in [2.24, 2.45) is 0 Å². The zero-order chi connectivity index (χ0) is 4.24. The molecule has 0 fully saturated rings. The summed E-state index contributed by atoms with van der Waals surface area (Å²) in [4.78, 5) is 0. The molecule has 0 spiro atoms. The topological polar surface area (TPSA) is 18.5 Å². The molecule has 0 saturated carbocycles. The number of ether oxygens (including phenoxy) is 2. The zero-order valence-electron chi connectivity index (χ0n) is 4.13. The van der Waals surface area contributed by atoms with Gasteiger partial charge in [0.25, 0.3) is 0 Å². The van der Waals surface area contributed by atoms with E-state index in [0.717, 1.165) is 0 Å². The van der Waals surface area contributed by atoms with Gasteiger partial charge in [0.15, 0.2) is 0 Å². The normalized spacial score (nSPS) is 16.0. The minimum atomic E-state index is 0. The van der Waals surface area contributed by atoms with Crippen molar-refractivity contribution in [2.45, 2.75) is 0 Å². The minimum Gasteiger partial charge on any atom is -0.466 e. The minimum absolute atomic E-state index is 0. The molecule has 32 valence electrons. The Morgan fingerprint density at radius 3 is 1.33 bits per heavy atom. The molecule has 1 aliphatic rings. The Bertz CT molecular complexity index is 67.7. The fraction of sp³-hybridized carbons (Fsp3) is 0. The molecule has 2 nitrogen and oxygen atoms in total. The van der Waals surface area contributed by atoms with Gasteiger partial charge in [-0.05, 0) is 0 Å². The van der Waals surface area contributed by atoms with Gasteiger partial charge in [-0.15, -0.1) is 0 Å². The smallest absolute Gasteiger partial charge is 0.466 e. The molecule has 0 aliphatic carbocycles. The Kier molecular flexibility index (Phi) is 0.819. The van der Waals surface area contributed by atoms with Crippen molar-refractivity contribution in [3.8, 4) is 0 Å². The third kappa shape index (κ3) is 0.516. The van der Waals surface area contributed by atoms with Crippen LogP contribution in [0.25, 0.3) is 0 Å². The lowest BCUT2D eigenvalue weighted by Crippen LogP contribution is -1.74. The number of hydrogen-bond acceptors (Lipinski definition) is 2. The predicted molar refractivity (Wildman–Crippen MR) is 21.6 cm³/mol. The van der Waals surface area contributed by atoms with E-state index in [4.69, 9.17) is 0 Å². The Hall–Kier alpha value is -0.920. The van der Waals surface area contributed by atoms with Crippen LogP contribution >= 0.6 is 0 Å². The molecule has 0 bridgehead atoms. The van der Waals surface area contributed by atoms with Crippen LogP contribution in [0.2, 0.25) is 0 Å². The van der Waals surface area contributed by atoms with Gasteiger partial charge in [0, 0.05) is 0 Å². The van der Waals surface area contributed by atoms with Crippen LogP contribution in [0.1, 0.15) is 1.43 Å². The van der Waals surface area contributed by atoms with Crippen molar-refractivity contribution in [3.63, 3.8) is 0 Å². The molecule has 0 aromatic rings. The van der Waals surface area contributed by atoms with Crippen LogP contribution in [-0.4, -0.2) is 0 Å². The lowest BCUT2D eigenvalue weighted by atomic mass is 10.9. The van der Waals surface area contributed by atoms with E-state index in [1.807, 2.05) is 0 Å². The standard InChI is InChI=1S/C4H4O2/c1-2-6-4-3-5-1/h1-4H/p+1. The first-order chi connectivity index (χ1) is 3.00. The molecule has 1 aliphatic heterocycles. The van der Waals surface area contributed by atoms with Gasteiger partial charge < -0.3 is 9.47 Å². The summed E-state index contributed by atoms with van der Waals surface area (Å²) in [7, 11) is 0. The maximum absolute atomic E-state index is 4.58. The third-order valence-electron chi connectivity index (χ3n) is 0.425. The molecule has 0 aromatic heterocycles. The van der Waals surface area contributed by atoms with Gasteiger partial charge in [0.1, 0.15) is 25.0 Å². The van der Waals surface area contributed by atoms with E-state index in [0.29, 0.717) is 0 Å². The van der Waals surface area contributed by atoms with E-state index in [9.17, 15) is 0 Å². The molecule has 0 atom stereocenters. The van der Waals surface area contributed by atoms with E-state index in [2.05, 4.69) is 9.47 Å². The van der Waals surface area contributed by atoms with E-state index >= 15 is 0 Å². The molecule has 0 unspecified atom stereocenters. The highest BCUT2D eigenvalue weighted by atomic mass is 16.5. The summed E-state index contributed by atoms with van der Waals surface area (Å²) in [6, 6.07) is 0. The lowest BCUT2D eigenvalue weighted by Gasteiger charge is -1.94. The SMILES string of the molecule is C1=COC=CO1.[H+]. The molecule has 2 heteroatoms. The fourth-order valence-corrected chi connectivity index (χ4v) is 0.219. The van der Waals surface area contributed by atoms with E-state index in [1.165, 1.54) is 25.0 Å². The van der Waals surface area contributed by atoms with Crippen molar-refractivity contribution in [3.05, 3.63) is 25.0 Å². The molecule has 1 heterocycles. The molecule has 0 amide bonds. The number of hydrogen-bond donors (Lipinski definition) is 0. The van der Waals surface area contributed by atoms with Gasteiger partial charge in [0.2, 0.25) is 0 Å². The quantitative estimate of drug-likeness (QED) is 0.438. The van der Waals surface area contributed by atoms with Gasteiger partial charge in [-0.2, -0.15) is 0 Å². The van der Waals surface area contributed by atoms with Gasteiger partial charge in [-0.3, -0.25) is 0 Å². The first kappa shape index (κ1) is 3.28. The fourth-order valence-electron chi connectivity index (χ4n) is 0.219. The summed E-state index contributed by atoms with van der Waals surface area (Å²) in [6.45, 7) is 0. The van der Waals surface area contributed by atoms with Crippen molar-refractivity contribution >= 4 is 0 Å². The maximum Gasteiger partial charge on any atom is 1.00 e. The molecule has 0 N–H and O–H groups in total. The first-order valence-corrected chi connectivity index (χ1v) is 1.61. The van der Waals surface area contributed by atoms with Crippen molar-refractivity contribution in [1.82, 2.24) is 0 Å². The highest BCUT2D eigenvalue weighted by molar-refractivity contribution is 4.77. The van der Waals surface area contributed by atoms with Crippen LogP contribution in [0.5, 0.6) is 0 Å². The van der Waals surface area contributed by atoms with Crippen molar-refractivity contribution < 1.29 is 10.9 Å². The average Bonchev–Trinajstić information content (AvgIpc) is 1.72. The summed E-state index contributed by atoms with van der Waals surface area (Å²) in [5, 5.41) is 0. The van der Waals surface area contributed by atoms with Gasteiger partial charge in [0.05, 0.1) is 0 Å². The summed E-state index contributed by atoms with van der Waals surface area (Å²) < 4.78 is 9.17. The highest BCUT2D eigenvalue weighted by Crippen LogP contribution is 1.89. The third-order valence-corrected chi connectivity index (χ3v) is 0.425. The summed E-state index contributed by atoms with van der Waals surface area (Å²) in [5.41, 5.74) is 0. The second-order valence-electron chi connectivity index (χ2n) is 0.816. The summed E-state index contributed by atoms with van der Waals surface area (Å²) >= 11 is 0. The molecule has 0 aromatic carbocycles. The van der Waals surface area contributed by atoms with E-state index in [1.54, 1.807) is 0 Å². The molecule has 0 radical (unpaired) electrons. The molecule has 0 saturated heterocycles. The van der Waals surface area contributed by atoms with Crippen LogP contribution in [0.15, 0.2) is 25.0 Å². The van der Waals surface area contributed by atoms with Gasteiger partial charge >= 0.3 is 1.43 Å². The van der Waals surface area contributed by atoms with Crippen molar-refractivity contribution in [2.75, 3.05) is 0 Å². The Labute approximate surface area is 37.2 Å². The Morgan fingerprint density at radius 2 is 1.17 bits per heavy atom. The van der Waals surface area contributed by atoms with Gasteiger partial charge in [-0.1, -0.05) is 0 Å². The van der Waals surface area contributed by atoms with Crippen LogP contribution in [-0.2, 0) is 9.47 Å². The van der Waals surface area contributed by atoms with E-state index in [-0.39, 0.29) is 1.43 Å². The lowest BCUT2D eigenvalue weighted by molar-refractivity contribution is 0.290. The zero-order valence-corrected chi connectivity index (χ0v) is 3.13.